The third-order valence-electron chi connectivity index (χ3n) is 7.11. The molecule has 3 N–H and O–H groups in total. The molecule has 38 heavy (non-hydrogen) atoms. The quantitative estimate of drug-likeness (QED) is 0.298. The molecular formula is C27H29F2N7O2. The van der Waals surface area contributed by atoms with Gasteiger partial charge in [-0.15, -0.1) is 10.2 Å². The van der Waals surface area contributed by atoms with Crippen LogP contribution in [0.2, 0.25) is 0 Å². The fraction of sp³-hybridized carbons (Fsp3) is 0.370. The Balaban J connectivity index is 1.40. The highest BCUT2D eigenvalue weighted by atomic mass is 19.3. The number of alkyl halides is 2. The van der Waals surface area contributed by atoms with Gasteiger partial charge in [0.05, 0.1) is 19.0 Å². The zero-order chi connectivity index (χ0) is 26.9. The SMILES string of the molecule is COc1cncc(-c2nnc(C(C(=O)Nc3ccc(-c4c(C)n[nH]c4C)cc3)C3CCC(F)(F)CC3)[nH]2)c1. The maximum atomic E-state index is 13.9. The standard InChI is InChI=1S/C27H29F2N7O2/c1-15-22(16(2)34-33-15)17-4-6-20(7-5-17)31-26(37)23(18-8-10-27(28,29)11-9-18)25-32-24(35-36-25)19-12-21(38-3)14-30-13-19/h4-7,12-14,18,23H,8-11H2,1-3H3,(H,31,37)(H,33,34)(H,32,35,36). The number of hydrogen-bond donors (Lipinski definition) is 3. The van der Waals surface area contributed by atoms with Crippen molar-refractivity contribution < 1.29 is 18.3 Å². The molecule has 1 unspecified atom stereocenters. The summed E-state index contributed by atoms with van der Waals surface area (Å²) >= 11 is 0. The van der Waals surface area contributed by atoms with Crippen molar-refractivity contribution >= 4 is 11.6 Å². The summed E-state index contributed by atoms with van der Waals surface area (Å²) in [6, 6.07) is 9.22. The topological polar surface area (TPSA) is 121 Å². The number of rotatable bonds is 7. The smallest absolute Gasteiger partial charge is 0.248 e. The molecule has 1 atom stereocenters. The lowest BCUT2D eigenvalue weighted by Crippen LogP contribution is -2.34. The highest BCUT2D eigenvalue weighted by Gasteiger charge is 2.41. The summed E-state index contributed by atoms with van der Waals surface area (Å²) in [6.45, 7) is 3.89. The van der Waals surface area contributed by atoms with Crippen LogP contribution in [0.25, 0.3) is 22.5 Å². The Labute approximate surface area is 218 Å². The van der Waals surface area contributed by atoms with Crippen LogP contribution in [-0.2, 0) is 4.79 Å². The first-order valence-corrected chi connectivity index (χ1v) is 12.5. The Kier molecular flexibility index (Phi) is 6.92. The van der Waals surface area contributed by atoms with Crippen LogP contribution in [0.3, 0.4) is 0 Å². The number of anilines is 1. The number of H-pyrrole nitrogens is 2. The molecule has 3 heterocycles. The van der Waals surface area contributed by atoms with Crippen molar-refractivity contribution in [3.05, 3.63) is 59.9 Å². The van der Waals surface area contributed by atoms with Gasteiger partial charge in [-0.25, -0.2) is 8.78 Å². The Hall–Kier alpha value is -4.15. The molecule has 1 aromatic carbocycles. The van der Waals surface area contributed by atoms with Crippen molar-refractivity contribution in [1.82, 2.24) is 30.4 Å². The van der Waals surface area contributed by atoms with E-state index in [9.17, 15) is 13.6 Å². The van der Waals surface area contributed by atoms with Crippen molar-refractivity contribution in [2.24, 2.45) is 5.92 Å². The molecule has 1 amide bonds. The summed E-state index contributed by atoms with van der Waals surface area (Å²) in [6.07, 6.45) is 3.06. The molecule has 0 aliphatic heterocycles. The second kappa shape index (κ2) is 10.3. The molecule has 9 nitrogen and oxygen atoms in total. The van der Waals surface area contributed by atoms with Gasteiger partial charge in [-0.3, -0.25) is 14.9 Å². The summed E-state index contributed by atoms with van der Waals surface area (Å²) in [5.41, 5.74) is 5.08. The number of halogens is 2. The lowest BCUT2D eigenvalue weighted by Gasteiger charge is -2.32. The maximum absolute atomic E-state index is 13.9. The van der Waals surface area contributed by atoms with Gasteiger partial charge in [0.25, 0.3) is 0 Å². The predicted molar refractivity (Wildman–Crippen MR) is 138 cm³/mol. The van der Waals surface area contributed by atoms with Crippen LogP contribution in [-0.4, -0.2) is 49.3 Å². The molecule has 1 aliphatic carbocycles. The number of amides is 1. The van der Waals surface area contributed by atoms with Gasteiger partial charge in [0.2, 0.25) is 11.8 Å². The zero-order valence-electron chi connectivity index (χ0n) is 21.4. The van der Waals surface area contributed by atoms with Gasteiger partial charge in [0.15, 0.2) is 5.82 Å². The molecule has 1 saturated carbocycles. The molecule has 0 bridgehead atoms. The van der Waals surface area contributed by atoms with Crippen LogP contribution in [0.15, 0.2) is 42.7 Å². The number of carbonyl (C=O) groups is 1. The number of nitrogens with one attached hydrogen (secondary N) is 3. The summed E-state index contributed by atoms with van der Waals surface area (Å²) in [5, 5.41) is 18.6. The summed E-state index contributed by atoms with van der Waals surface area (Å²) in [4.78, 5) is 20.9. The number of carbonyl (C=O) groups excluding carboxylic acids is 1. The van der Waals surface area contributed by atoms with Gasteiger partial charge in [0, 0.05) is 41.5 Å². The van der Waals surface area contributed by atoms with Crippen LogP contribution in [0.5, 0.6) is 5.75 Å². The minimum absolute atomic E-state index is 0.208. The van der Waals surface area contributed by atoms with E-state index in [1.54, 1.807) is 18.5 Å². The summed E-state index contributed by atoms with van der Waals surface area (Å²) in [5.74, 6) is -2.82. The van der Waals surface area contributed by atoms with Gasteiger partial charge in [-0.2, -0.15) is 5.10 Å². The number of ether oxygens (including phenoxy) is 1. The molecule has 1 aliphatic rings. The van der Waals surface area contributed by atoms with Crippen LogP contribution >= 0.6 is 0 Å². The van der Waals surface area contributed by atoms with E-state index in [0.717, 1.165) is 22.5 Å². The molecule has 1 fully saturated rings. The van der Waals surface area contributed by atoms with Gasteiger partial charge in [-0.05, 0) is 56.4 Å². The highest BCUT2D eigenvalue weighted by Crippen LogP contribution is 2.42. The van der Waals surface area contributed by atoms with Gasteiger partial charge in [-0.1, -0.05) is 12.1 Å². The van der Waals surface area contributed by atoms with E-state index in [1.165, 1.54) is 7.11 Å². The second-order valence-electron chi connectivity index (χ2n) is 9.72. The Morgan fingerprint density at radius 3 is 2.50 bits per heavy atom. The average molecular weight is 522 g/mol. The average Bonchev–Trinajstić information content (AvgIpc) is 3.52. The van der Waals surface area contributed by atoms with Crippen molar-refractivity contribution in [3.8, 4) is 28.3 Å². The third-order valence-corrected chi connectivity index (χ3v) is 7.11. The number of nitrogens with zero attached hydrogens (tertiary/aromatic N) is 4. The van der Waals surface area contributed by atoms with E-state index in [4.69, 9.17) is 4.74 Å². The van der Waals surface area contributed by atoms with E-state index in [0.29, 0.717) is 28.6 Å². The largest absolute Gasteiger partial charge is 0.495 e. The normalized spacial score (nSPS) is 16.2. The number of pyridine rings is 1. The van der Waals surface area contributed by atoms with Crippen molar-refractivity contribution in [1.29, 1.82) is 0 Å². The summed E-state index contributed by atoms with van der Waals surface area (Å²) in [7, 11) is 1.54. The molecule has 11 heteroatoms. The van der Waals surface area contributed by atoms with Crippen LogP contribution < -0.4 is 10.1 Å². The summed E-state index contributed by atoms with van der Waals surface area (Å²) < 4.78 is 33.1. The molecule has 198 valence electrons. The number of aromatic amines is 2. The van der Waals surface area contributed by atoms with Gasteiger partial charge < -0.3 is 15.0 Å². The van der Waals surface area contributed by atoms with E-state index >= 15 is 0 Å². The third kappa shape index (κ3) is 5.27. The van der Waals surface area contributed by atoms with Gasteiger partial charge in [0.1, 0.15) is 17.5 Å². The van der Waals surface area contributed by atoms with Crippen LogP contribution in [0.4, 0.5) is 14.5 Å². The first kappa shape index (κ1) is 25.5. The molecular weight excluding hydrogens is 492 g/mol. The Morgan fingerprint density at radius 1 is 1.11 bits per heavy atom. The number of benzene rings is 1. The molecule has 0 saturated heterocycles. The van der Waals surface area contributed by atoms with Crippen molar-refractivity contribution in [3.63, 3.8) is 0 Å². The highest BCUT2D eigenvalue weighted by molar-refractivity contribution is 5.96. The maximum Gasteiger partial charge on any atom is 0.248 e. The second-order valence-corrected chi connectivity index (χ2v) is 9.72. The van der Waals surface area contributed by atoms with Crippen LogP contribution in [0, 0.1) is 19.8 Å². The molecule has 4 aromatic rings. The monoisotopic (exact) mass is 521 g/mol. The Bertz CT molecular complexity index is 1400. The predicted octanol–water partition coefficient (Wildman–Crippen LogP) is 5.43. The number of aryl methyl sites for hydroxylation is 2. The van der Waals surface area contributed by atoms with E-state index in [2.05, 4.69) is 35.7 Å². The fourth-order valence-electron chi connectivity index (χ4n) is 5.08. The molecule has 3 aromatic heterocycles. The van der Waals surface area contributed by atoms with E-state index in [-0.39, 0.29) is 37.5 Å². The molecule has 0 spiro atoms. The number of methoxy groups -OCH3 is 1. The Morgan fingerprint density at radius 2 is 1.84 bits per heavy atom. The lowest BCUT2D eigenvalue weighted by molar-refractivity contribution is -0.120. The zero-order valence-corrected chi connectivity index (χ0v) is 21.4. The number of hydrogen-bond acceptors (Lipinski definition) is 6. The van der Waals surface area contributed by atoms with Crippen LogP contribution in [0.1, 0.15) is 48.8 Å². The van der Waals surface area contributed by atoms with E-state index in [1.807, 2.05) is 38.1 Å². The first-order chi connectivity index (χ1) is 18.2. The lowest BCUT2D eigenvalue weighted by atomic mass is 9.77. The van der Waals surface area contributed by atoms with Crippen molar-refractivity contribution in [2.75, 3.05) is 12.4 Å². The molecule has 5 rings (SSSR count). The first-order valence-electron chi connectivity index (χ1n) is 12.5. The molecule has 0 radical (unpaired) electrons. The van der Waals surface area contributed by atoms with Crippen molar-refractivity contribution in [2.45, 2.75) is 51.4 Å². The van der Waals surface area contributed by atoms with Gasteiger partial charge >= 0.3 is 0 Å². The van der Waals surface area contributed by atoms with E-state index < -0.39 is 11.8 Å². The fourth-order valence-corrected chi connectivity index (χ4v) is 5.08. The minimum Gasteiger partial charge on any atom is -0.495 e. The number of aromatic nitrogens is 6. The minimum atomic E-state index is -2.71.